The Bertz CT molecular complexity index is 477. The number of carbonyl (C=O) groups is 2. The fraction of sp³-hybridized carbons (Fsp3) is 0.889. The topological polar surface area (TPSA) is 84.9 Å². The molecule has 0 spiro atoms. The van der Waals surface area contributed by atoms with Crippen molar-refractivity contribution in [3.05, 3.63) is 0 Å². The van der Waals surface area contributed by atoms with Gasteiger partial charge in [-0.1, -0.05) is 13.3 Å². The number of carboxylic acid groups (broad SMARTS) is 1. The van der Waals surface area contributed by atoms with Crippen molar-refractivity contribution >= 4 is 12.0 Å². The SMILES string of the molecule is CCN(CC(=O)O)C1CC(NC(=O)NCC2CCCCN2C2CC2)C1. The Morgan fingerprint density at radius 1 is 1.20 bits per heavy atom. The third-order valence-corrected chi connectivity index (χ3v) is 5.90. The first kappa shape index (κ1) is 18.5. The van der Waals surface area contributed by atoms with E-state index in [4.69, 9.17) is 5.11 Å². The number of nitrogens with zero attached hydrogens (tertiary/aromatic N) is 2. The number of piperidine rings is 1. The van der Waals surface area contributed by atoms with Crippen LogP contribution in [0, 0.1) is 0 Å². The first-order valence-corrected chi connectivity index (χ1v) is 9.82. The molecule has 3 fully saturated rings. The number of carbonyl (C=O) groups excluding carboxylic acids is 1. The lowest BCUT2D eigenvalue weighted by molar-refractivity contribution is -0.139. The number of nitrogens with one attached hydrogen (secondary N) is 2. The van der Waals surface area contributed by atoms with Crippen molar-refractivity contribution < 1.29 is 14.7 Å². The number of hydrogen-bond donors (Lipinski definition) is 3. The van der Waals surface area contributed by atoms with Crippen LogP contribution >= 0.6 is 0 Å². The monoisotopic (exact) mass is 352 g/mol. The molecular formula is C18H32N4O3. The van der Waals surface area contributed by atoms with Crippen molar-refractivity contribution in [2.45, 2.75) is 76.0 Å². The van der Waals surface area contributed by atoms with Crippen LogP contribution in [0.3, 0.4) is 0 Å². The van der Waals surface area contributed by atoms with Crippen LogP contribution in [0.2, 0.25) is 0 Å². The molecule has 2 saturated carbocycles. The van der Waals surface area contributed by atoms with E-state index in [1.807, 2.05) is 11.8 Å². The van der Waals surface area contributed by atoms with Crippen LogP contribution in [-0.4, -0.2) is 77.3 Å². The number of aliphatic carboxylic acids is 1. The minimum absolute atomic E-state index is 0.0777. The van der Waals surface area contributed by atoms with E-state index in [2.05, 4.69) is 15.5 Å². The molecule has 2 aliphatic carbocycles. The van der Waals surface area contributed by atoms with Gasteiger partial charge in [0.05, 0.1) is 6.54 Å². The van der Waals surface area contributed by atoms with Gasteiger partial charge in [0, 0.05) is 30.7 Å². The zero-order valence-corrected chi connectivity index (χ0v) is 15.2. The molecular weight excluding hydrogens is 320 g/mol. The van der Waals surface area contributed by atoms with Gasteiger partial charge in [-0.3, -0.25) is 14.6 Å². The van der Waals surface area contributed by atoms with Gasteiger partial charge in [-0.25, -0.2) is 4.79 Å². The number of likely N-dealkylation sites (tertiary alicyclic amines) is 1. The molecule has 2 amide bonds. The third-order valence-electron chi connectivity index (χ3n) is 5.90. The van der Waals surface area contributed by atoms with E-state index in [-0.39, 0.29) is 24.7 Å². The van der Waals surface area contributed by atoms with Gasteiger partial charge in [0.25, 0.3) is 0 Å². The quantitative estimate of drug-likeness (QED) is 0.612. The lowest BCUT2D eigenvalue weighted by Gasteiger charge is -2.42. The lowest BCUT2D eigenvalue weighted by Crippen LogP contribution is -2.57. The van der Waals surface area contributed by atoms with E-state index >= 15 is 0 Å². The zero-order chi connectivity index (χ0) is 17.8. The maximum atomic E-state index is 12.2. The summed E-state index contributed by atoms with van der Waals surface area (Å²) in [6.07, 6.45) is 8.04. The summed E-state index contributed by atoms with van der Waals surface area (Å²) in [5.41, 5.74) is 0. The summed E-state index contributed by atoms with van der Waals surface area (Å²) in [4.78, 5) is 27.6. The van der Waals surface area contributed by atoms with E-state index in [0.29, 0.717) is 6.04 Å². The Labute approximate surface area is 150 Å². The zero-order valence-electron chi connectivity index (χ0n) is 15.2. The molecule has 7 nitrogen and oxygen atoms in total. The van der Waals surface area contributed by atoms with E-state index in [9.17, 15) is 9.59 Å². The molecule has 1 aliphatic heterocycles. The highest BCUT2D eigenvalue weighted by molar-refractivity contribution is 5.74. The number of carboxylic acids is 1. The summed E-state index contributed by atoms with van der Waals surface area (Å²) in [7, 11) is 0. The minimum Gasteiger partial charge on any atom is -0.480 e. The minimum atomic E-state index is -0.788. The summed E-state index contributed by atoms with van der Waals surface area (Å²) in [5.74, 6) is -0.788. The second-order valence-corrected chi connectivity index (χ2v) is 7.75. The predicted molar refractivity (Wildman–Crippen MR) is 95.6 cm³/mol. The molecule has 3 N–H and O–H groups in total. The lowest BCUT2D eigenvalue weighted by atomic mass is 9.85. The van der Waals surface area contributed by atoms with Gasteiger partial charge in [-0.05, 0) is 51.6 Å². The van der Waals surface area contributed by atoms with Crippen molar-refractivity contribution in [2.75, 3.05) is 26.2 Å². The van der Waals surface area contributed by atoms with Crippen LogP contribution < -0.4 is 10.6 Å². The molecule has 142 valence electrons. The number of likely N-dealkylation sites (N-methyl/N-ethyl adjacent to an activating group) is 1. The third kappa shape index (κ3) is 5.07. The fourth-order valence-corrected chi connectivity index (χ4v) is 4.25. The summed E-state index contributed by atoms with van der Waals surface area (Å²) < 4.78 is 0. The first-order valence-electron chi connectivity index (χ1n) is 9.82. The van der Waals surface area contributed by atoms with E-state index in [0.717, 1.165) is 32.0 Å². The van der Waals surface area contributed by atoms with Gasteiger partial charge in [-0.2, -0.15) is 0 Å². The number of amides is 2. The Hall–Kier alpha value is -1.34. The molecule has 7 heteroatoms. The fourth-order valence-electron chi connectivity index (χ4n) is 4.25. The van der Waals surface area contributed by atoms with Crippen LogP contribution in [0.15, 0.2) is 0 Å². The average Bonchev–Trinajstić information content (AvgIpc) is 3.39. The van der Waals surface area contributed by atoms with Crippen molar-refractivity contribution in [3.63, 3.8) is 0 Å². The standard InChI is InChI=1S/C18H32N4O3/c1-2-21(12-17(23)24)16-9-13(10-16)20-18(25)19-11-15-5-3-4-8-22(15)14-6-7-14/h13-16H,2-12H2,1H3,(H,23,24)(H2,19,20,25). The number of hydrogen-bond acceptors (Lipinski definition) is 4. The number of urea groups is 1. The van der Waals surface area contributed by atoms with E-state index in [1.54, 1.807) is 0 Å². The molecule has 1 saturated heterocycles. The summed E-state index contributed by atoms with van der Waals surface area (Å²) in [6.45, 7) is 4.71. The largest absolute Gasteiger partial charge is 0.480 e. The average molecular weight is 352 g/mol. The van der Waals surface area contributed by atoms with Crippen LogP contribution in [0.1, 0.15) is 51.9 Å². The molecule has 0 bridgehead atoms. The molecule has 3 aliphatic rings. The summed E-state index contributed by atoms with van der Waals surface area (Å²) in [5, 5.41) is 15.0. The first-order chi connectivity index (χ1) is 12.1. The Balaban J connectivity index is 1.34. The Morgan fingerprint density at radius 3 is 2.60 bits per heavy atom. The van der Waals surface area contributed by atoms with Crippen molar-refractivity contribution in [1.82, 2.24) is 20.4 Å². The van der Waals surface area contributed by atoms with Crippen molar-refractivity contribution in [1.29, 1.82) is 0 Å². The molecule has 0 aromatic rings. The molecule has 25 heavy (non-hydrogen) atoms. The normalized spacial score (nSPS) is 29.9. The van der Waals surface area contributed by atoms with Gasteiger partial charge in [0.15, 0.2) is 0 Å². The summed E-state index contributed by atoms with van der Waals surface area (Å²) in [6, 6.07) is 1.61. The molecule has 3 rings (SSSR count). The highest BCUT2D eigenvalue weighted by Crippen LogP contribution is 2.32. The highest BCUT2D eigenvalue weighted by atomic mass is 16.4. The van der Waals surface area contributed by atoms with Gasteiger partial charge in [0.1, 0.15) is 0 Å². The van der Waals surface area contributed by atoms with Crippen LogP contribution in [0.4, 0.5) is 4.79 Å². The molecule has 0 aromatic heterocycles. The second-order valence-electron chi connectivity index (χ2n) is 7.75. The predicted octanol–water partition coefficient (Wildman–Crippen LogP) is 1.24. The number of rotatable bonds is 8. The van der Waals surface area contributed by atoms with Crippen molar-refractivity contribution in [3.8, 4) is 0 Å². The second kappa shape index (κ2) is 8.36. The smallest absolute Gasteiger partial charge is 0.317 e. The van der Waals surface area contributed by atoms with Gasteiger partial charge in [-0.15, -0.1) is 0 Å². The molecule has 0 aromatic carbocycles. The van der Waals surface area contributed by atoms with E-state index in [1.165, 1.54) is 38.6 Å². The Morgan fingerprint density at radius 2 is 1.96 bits per heavy atom. The summed E-state index contributed by atoms with van der Waals surface area (Å²) >= 11 is 0. The Kier molecular flexibility index (Phi) is 6.17. The molecule has 1 unspecified atom stereocenters. The van der Waals surface area contributed by atoms with Crippen LogP contribution in [-0.2, 0) is 4.79 Å². The van der Waals surface area contributed by atoms with Crippen LogP contribution in [0.5, 0.6) is 0 Å². The maximum absolute atomic E-state index is 12.2. The molecule has 1 heterocycles. The highest BCUT2D eigenvalue weighted by Gasteiger charge is 2.36. The van der Waals surface area contributed by atoms with E-state index < -0.39 is 5.97 Å². The van der Waals surface area contributed by atoms with Gasteiger partial charge < -0.3 is 15.7 Å². The molecule has 1 atom stereocenters. The van der Waals surface area contributed by atoms with Crippen molar-refractivity contribution in [2.24, 2.45) is 0 Å². The van der Waals surface area contributed by atoms with Gasteiger partial charge in [0.2, 0.25) is 0 Å². The molecule has 0 radical (unpaired) electrons. The maximum Gasteiger partial charge on any atom is 0.317 e. The van der Waals surface area contributed by atoms with Gasteiger partial charge >= 0.3 is 12.0 Å². The van der Waals surface area contributed by atoms with Crippen LogP contribution in [0.25, 0.3) is 0 Å².